The molecule has 0 aliphatic carbocycles. The van der Waals surface area contributed by atoms with E-state index in [-0.39, 0.29) is 29.9 Å². The molecule has 1 N–H and O–H groups in total. The Labute approximate surface area is 118 Å². The van der Waals surface area contributed by atoms with Crippen LogP contribution >= 0.6 is 0 Å². The van der Waals surface area contributed by atoms with E-state index in [1.54, 1.807) is 19.2 Å². The van der Waals surface area contributed by atoms with Gasteiger partial charge in [0.1, 0.15) is 5.82 Å². The summed E-state index contributed by atoms with van der Waals surface area (Å²) in [5.41, 5.74) is 0.678. The van der Waals surface area contributed by atoms with E-state index in [4.69, 9.17) is 4.74 Å². The first-order chi connectivity index (χ1) is 9.45. The molecule has 0 aromatic heterocycles. The van der Waals surface area contributed by atoms with Crippen LogP contribution in [0.25, 0.3) is 0 Å². The van der Waals surface area contributed by atoms with E-state index in [0.717, 1.165) is 0 Å². The summed E-state index contributed by atoms with van der Waals surface area (Å²) in [6.07, 6.45) is -0.605. The molecule has 5 heteroatoms. The first-order valence-electron chi connectivity index (χ1n) is 6.75. The van der Waals surface area contributed by atoms with Gasteiger partial charge in [-0.05, 0) is 23.6 Å². The lowest BCUT2D eigenvalue weighted by Gasteiger charge is -2.31. The van der Waals surface area contributed by atoms with Crippen LogP contribution in [0.4, 0.5) is 9.18 Å². The Bertz CT molecular complexity index is 492. The van der Waals surface area contributed by atoms with E-state index in [1.807, 2.05) is 13.8 Å². The minimum absolute atomic E-state index is 0.134. The normalized spacial score (nSPS) is 26.2. The summed E-state index contributed by atoms with van der Waals surface area (Å²) in [6.45, 7) is 3.95. The van der Waals surface area contributed by atoms with E-state index in [2.05, 4.69) is 0 Å². The molecule has 1 saturated heterocycles. The van der Waals surface area contributed by atoms with Crippen molar-refractivity contribution in [3.05, 3.63) is 35.6 Å². The second kappa shape index (κ2) is 5.79. The average molecular weight is 281 g/mol. The quantitative estimate of drug-likeness (QED) is 0.925. The third-order valence-electron chi connectivity index (χ3n) is 3.93. The third-order valence-corrected chi connectivity index (χ3v) is 3.93. The predicted octanol–water partition coefficient (Wildman–Crippen LogP) is 3.29. The van der Waals surface area contributed by atoms with E-state index in [0.29, 0.717) is 12.0 Å². The molecule has 20 heavy (non-hydrogen) atoms. The van der Waals surface area contributed by atoms with Gasteiger partial charge in [0, 0.05) is 13.5 Å². The van der Waals surface area contributed by atoms with Gasteiger partial charge in [-0.25, -0.2) is 9.18 Å². The average Bonchev–Trinajstić information content (AvgIpc) is 2.78. The number of likely N-dealkylation sites (tertiary alicyclic amines) is 1. The topological polar surface area (TPSA) is 49.8 Å². The van der Waals surface area contributed by atoms with Gasteiger partial charge in [0.2, 0.25) is 0 Å². The second-order valence-corrected chi connectivity index (χ2v) is 5.51. The standard InChI is InChI=1S/C15H20FNO3/c1-9(2)14-13(20-3)8-12(17(14)15(18)19)10-5-4-6-11(16)7-10/h4-7,9,12-14H,8H2,1-3H3,(H,18,19)/t12-,13+,14-/m0/s1. The molecule has 1 aliphatic rings. The van der Waals surface area contributed by atoms with Crippen LogP contribution in [-0.2, 0) is 4.74 Å². The van der Waals surface area contributed by atoms with Crippen LogP contribution in [0.2, 0.25) is 0 Å². The van der Waals surface area contributed by atoms with Crippen LogP contribution < -0.4 is 0 Å². The van der Waals surface area contributed by atoms with Gasteiger partial charge in [-0.1, -0.05) is 26.0 Å². The molecular weight excluding hydrogens is 261 g/mol. The molecule has 0 unspecified atom stereocenters. The summed E-state index contributed by atoms with van der Waals surface area (Å²) in [7, 11) is 1.59. The Morgan fingerprint density at radius 2 is 2.20 bits per heavy atom. The Balaban J connectivity index is 2.39. The highest BCUT2D eigenvalue weighted by atomic mass is 19.1. The SMILES string of the molecule is CO[C@@H]1C[C@@H](c2cccc(F)c2)N(C(=O)O)[C@H]1C(C)C. The fraction of sp³-hybridized carbons (Fsp3) is 0.533. The summed E-state index contributed by atoms with van der Waals surface area (Å²) in [6, 6.07) is 5.55. The van der Waals surface area contributed by atoms with Crippen molar-refractivity contribution in [2.45, 2.75) is 38.5 Å². The van der Waals surface area contributed by atoms with Gasteiger partial charge in [0.15, 0.2) is 0 Å². The van der Waals surface area contributed by atoms with Crippen molar-refractivity contribution in [3.8, 4) is 0 Å². The zero-order valence-electron chi connectivity index (χ0n) is 11.9. The Kier molecular flexibility index (Phi) is 4.28. The van der Waals surface area contributed by atoms with Gasteiger partial charge >= 0.3 is 6.09 Å². The van der Waals surface area contributed by atoms with Crippen LogP contribution in [0.3, 0.4) is 0 Å². The number of hydrogen-bond acceptors (Lipinski definition) is 2. The fourth-order valence-electron chi connectivity index (χ4n) is 3.12. The summed E-state index contributed by atoms with van der Waals surface area (Å²) in [5.74, 6) is -0.218. The number of halogens is 1. The van der Waals surface area contributed by atoms with Gasteiger partial charge < -0.3 is 9.84 Å². The Hall–Kier alpha value is -1.62. The second-order valence-electron chi connectivity index (χ2n) is 5.51. The minimum atomic E-state index is -0.988. The summed E-state index contributed by atoms with van der Waals surface area (Å²) >= 11 is 0. The number of benzene rings is 1. The fourth-order valence-corrected chi connectivity index (χ4v) is 3.12. The number of amides is 1. The highest BCUT2D eigenvalue weighted by molar-refractivity contribution is 5.67. The molecule has 0 spiro atoms. The molecule has 1 heterocycles. The number of hydrogen-bond donors (Lipinski definition) is 1. The molecular formula is C15H20FNO3. The molecule has 0 bridgehead atoms. The lowest BCUT2D eigenvalue weighted by atomic mass is 9.99. The maximum absolute atomic E-state index is 13.4. The first kappa shape index (κ1) is 14.8. The first-order valence-corrected chi connectivity index (χ1v) is 6.75. The third kappa shape index (κ3) is 2.63. The molecule has 1 aromatic rings. The summed E-state index contributed by atoms with van der Waals surface area (Å²) in [5, 5.41) is 9.52. The Morgan fingerprint density at radius 1 is 1.50 bits per heavy atom. The molecule has 1 amide bonds. The van der Waals surface area contributed by atoms with Crippen molar-refractivity contribution in [1.82, 2.24) is 4.90 Å². The molecule has 2 rings (SSSR count). The van der Waals surface area contributed by atoms with Crippen molar-refractivity contribution in [3.63, 3.8) is 0 Å². The van der Waals surface area contributed by atoms with Crippen LogP contribution in [0.1, 0.15) is 31.9 Å². The Morgan fingerprint density at radius 3 is 2.70 bits per heavy atom. The summed E-state index contributed by atoms with van der Waals surface area (Å²) in [4.78, 5) is 13.0. The molecule has 3 atom stereocenters. The van der Waals surface area contributed by atoms with Crippen LogP contribution in [0.15, 0.2) is 24.3 Å². The molecule has 4 nitrogen and oxygen atoms in total. The largest absolute Gasteiger partial charge is 0.465 e. The smallest absolute Gasteiger partial charge is 0.408 e. The number of ether oxygens (including phenoxy) is 1. The zero-order chi connectivity index (χ0) is 14.9. The van der Waals surface area contributed by atoms with Crippen molar-refractivity contribution >= 4 is 6.09 Å². The zero-order valence-corrected chi connectivity index (χ0v) is 11.9. The van der Waals surface area contributed by atoms with Crippen LogP contribution in [0.5, 0.6) is 0 Å². The van der Waals surface area contributed by atoms with Crippen molar-refractivity contribution in [2.24, 2.45) is 5.92 Å². The van der Waals surface area contributed by atoms with Crippen molar-refractivity contribution in [2.75, 3.05) is 7.11 Å². The maximum Gasteiger partial charge on any atom is 0.408 e. The highest BCUT2D eigenvalue weighted by Gasteiger charge is 2.46. The van der Waals surface area contributed by atoms with Gasteiger partial charge in [-0.2, -0.15) is 0 Å². The molecule has 0 saturated carbocycles. The van der Waals surface area contributed by atoms with E-state index in [1.165, 1.54) is 17.0 Å². The lowest BCUT2D eigenvalue weighted by molar-refractivity contribution is 0.0431. The molecule has 1 aromatic carbocycles. The lowest BCUT2D eigenvalue weighted by Crippen LogP contribution is -2.43. The molecule has 1 fully saturated rings. The number of rotatable bonds is 3. The van der Waals surface area contributed by atoms with Crippen molar-refractivity contribution < 1.29 is 19.0 Å². The predicted molar refractivity (Wildman–Crippen MR) is 73.0 cm³/mol. The van der Waals surface area contributed by atoms with Gasteiger partial charge in [0.05, 0.1) is 18.2 Å². The van der Waals surface area contributed by atoms with E-state index in [9.17, 15) is 14.3 Å². The van der Waals surface area contributed by atoms with E-state index >= 15 is 0 Å². The van der Waals surface area contributed by atoms with Gasteiger partial charge in [0.25, 0.3) is 0 Å². The van der Waals surface area contributed by atoms with Crippen LogP contribution in [-0.4, -0.2) is 35.4 Å². The number of methoxy groups -OCH3 is 1. The van der Waals surface area contributed by atoms with Crippen molar-refractivity contribution in [1.29, 1.82) is 0 Å². The van der Waals surface area contributed by atoms with Crippen LogP contribution in [0, 0.1) is 11.7 Å². The minimum Gasteiger partial charge on any atom is -0.465 e. The highest BCUT2D eigenvalue weighted by Crippen LogP contribution is 2.40. The number of carboxylic acid groups (broad SMARTS) is 1. The number of nitrogens with zero attached hydrogens (tertiary/aromatic N) is 1. The van der Waals surface area contributed by atoms with Gasteiger partial charge in [-0.15, -0.1) is 0 Å². The van der Waals surface area contributed by atoms with Gasteiger partial charge in [-0.3, -0.25) is 4.90 Å². The molecule has 110 valence electrons. The molecule has 0 radical (unpaired) electrons. The molecule has 1 aliphatic heterocycles. The maximum atomic E-state index is 13.4. The van der Waals surface area contributed by atoms with E-state index < -0.39 is 6.09 Å². The summed E-state index contributed by atoms with van der Waals surface area (Å²) < 4.78 is 18.8. The monoisotopic (exact) mass is 281 g/mol. The number of carbonyl (C=O) groups is 1.